The number of likely N-dealkylation sites (N-methyl/N-ethyl adjacent to an activating group) is 1. The fraction of sp³-hybridized carbons (Fsp3) is 0.536. The standard InChI is InChI=1S/C28H36N4O6S2/c1-27(2)12-18-13-28(3,15-27)16-32(18)40(36,37)19-8-6-17(7-9-19)23(33)29-25-22(24(34)30-26(35)38-5)20-10-11-31(4)14-21(20)39-25/h6-9,18H,10-16H2,1-5H3,(H,29,33)(H,30,34,35). The molecule has 2 atom stereocenters. The van der Waals surface area contributed by atoms with Crippen LogP contribution in [0, 0.1) is 10.8 Å². The van der Waals surface area contributed by atoms with Crippen molar-refractivity contribution in [2.75, 3.05) is 32.6 Å². The molecule has 3 heterocycles. The van der Waals surface area contributed by atoms with Gasteiger partial charge in [-0.15, -0.1) is 11.3 Å². The lowest BCUT2D eigenvalue weighted by molar-refractivity contribution is 0.0936. The van der Waals surface area contributed by atoms with Gasteiger partial charge in [-0.25, -0.2) is 13.2 Å². The van der Waals surface area contributed by atoms with Gasteiger partial charge in [0.25, 0.3) is 11.8 Å². The Morgan fingerprint density at radius 1 is 1.07 bits per heavy atom. The van der Waals surface area contributed by atoms with Crippen molar-refractivity contribution in [3.05, 3.63) is 45.8 Å². The highest BCUT2D eigenvalue weighted by Crippen LogP contribution is 2.53. The van der Waals surface area contributed by atoms with Gasteiger partial charge in [-0.2, -0.15) is 4.31 Å². The Balaban J connectivity index is 1.36. The number of sulfonamides is 1. The highest BCUT2D eigenvalue weighted by atomic mass is 32.2. The molecule has 12 heteroatoms. The molecule has 3 amide bonds. The second-order valence-electron chi connectivity index (χ2n) is 12.4. The first-order valence-corrected chi connectivity index (χ1v) is 15.6. The van der Waals surface area contributed by atoms with E-state index in [1.54, 1.807) is 4.31 Å². The number of ether oxygens (including phenoxy) is 1. The van der Waals surface area contributed by atoms with Crippen molar-refractivity contribution in [2.45, 2.75) is 63.9 Å². The van der Waals surface area contributed by atoms with Crippen molar-refractivity contribution in [3.8, 4) is 0 Å². The number of nitrogens with zero attached hydrogens (tertiary/aromatic N) is 2. The minimum Gasteiger partial charge on any atom is -0.453 e. The summed E-state index contributed by atoms with van der Waals surface area (Å²) in [5.74, 6) is -1.12. The van der Waals surface area contributed by atoms with E-state index in [2.05, 4.69) is 41.0 Å². The van der Waals surface area contributed by atoms with Gasteiger partial charge >= 0.3 is 6.09 Å². The second-order valence-corrected chi connectivity index (χ2v) is 15.4. The third kappa shape index (κ3) is 5.41. The second kappa shape index (κ2) is 10.2. The number of nitrogens with one attached hydrogen (secondary N) is 2. The maximum Gasteiger partial charge on any atom is 0.413 e. The Morgan fingerprint density at radius 2 is 1.77 bits per heavy atom. The van der Waals surface area contributed by atoms with Crippen LogP contribution < -0.4 is 10.6 Å². The van der Waals surface area contributed by atoms with Gasteiger partial charge in [-0.05, 0) is 73.4 Å². The van der Waals surface area contributed by atoms with E-state index in [0.29, 0.717) is 24.5 Å². The van der Waals surface area contributed by atoms with Crippen LogP contribution in [0.2, 0.25) is 0 Å². The zero-order chi connectivity index (χ0) is 29.0. The number of alkyl carbamates (subject to hydrolysis) is 1. The van der Waals surface area contributed by atoms with E-state index in [0.717, 1.165) is 36.2 Å². The van der Waals surface area contributed by atoms with Crippen LogP contribution in [0.15, 0.2) is 29.2 Å². The van der Waals surface area contributed by atoms with Crippen LogP contribution in [0.25, 0.3) is 0 Å². The summed E-state index contributed by atoms with van der Waals surface area (Å²) in [5, 5.41) is 5.34. The van der Waals surface area contributed by atoms with Crippen molar-refractivity contribution in [2.24, 2.45) is 10.8 Å². The number of methoxy groups -OCH3 is 1. The van der Waals surface area contributed by atoms with Gasteiger partial charge in [0.2, 0.25) is 10.0 Å². The summed E-state index contributed by atoms with van der Waals surface area (Å²) < 4.78 is 33.4. The number of anilines is 1. The number of carbonyl (C=O) groups is 3. The first kappa shape index (κ1) is 28.7. The fourth-order valence-electron chi connectivity index (χ4n) is 6.84. The molecule has 1 aliphatic carbocycles. The molecule has 1 saturated heterocycles. The maximum atomic E-state index is 13.6. The van der Waals surface area contributed by atoms with Gasteiger partial charge in [-0.1, -0.05) is 20.8 Å². The van der Waals surface area contributed by atoms with Crippen LogP contribution in [0.5, 0.6) is 0 Å². The number of thiophene rings is 1. The molecule has 0 radical (unpaired) electrons. The number of carbonyl (C=O) groups excluding carboxylic acids is 3. The van der Waals surface area contributed by atoms with E-state index in [-0.39, 0.29) is 32.9 Å². The number of imide groups is 1. The molecule has 2 bridgehead atoms. The average Bonchev–Trinajstić information content (AvgIpc) is 3.35. The molecule has 1 aromatic heterocycles. The molecule has 1 aromatic carbocycles. The number of hydrogen-bond acceptors (Lipinski definition) is 8. The Bertz CT molecular complexity index is 1470. The highest BCUT2D eigenvalue weighted by Gasteiger charge is 2.53. The van der Waals surface area contributed by atoms with E-state index < -0.39 is 27.9 Å². The summed E-state index contributed by atoms with van der Waals surface area (Å²) in [5.41, 5.74) is 1.37. The fourth-order valence-corrected chi connectivity index (χ4v) is 9.94. The van der Waals surface area contributed by atoms with Crippen molar-refractivity contribution in [1.29, 1.82) is 0 Å². The number of fused-ring (bicyclic) bond motifs is 3. The summed E-state index contributed by atoms with van der Waals surface area (Å²) in [7, 11) is -0.576. The minimum atomic E-state index is -3.72. The normalized spacial score (nSPS) is 24.3. The molecule has 10 nitrogen and oxygen atoms in total. The largest absolute Gasteiger partial charge is 0.453 e. The van der Waals surface area contributed by atoms with Crippen LogP contribution in [0.1, 0.15) is 71.2 Å². The molecule has 2 unspecified atom stereocenters. The Morgan fingerprint density at radius 3 is 2.45 bits per heavy atom. The molecule has 40 heavy (non-hydrogen) atoms. The van der Waals surface area contributed by atoms with Crippen LogP contribution in [-0.4, -0.2) is 68.8 Å². The smallest absolute Gasteiger partial charge is 0.413 e. The topological polar surface area (TPSA) is 125 Å². The zero-order valence-electron chi connectivity index (χ0n) is 23.5. The molecule has 5 rings (SSSR count). The van der Waals surface area contributed by atoms with E-state index in [1.165, 1.54) is 42.7 Å². The quantitative estimate of drug-likeness (QED) is 0.539. The van der Waals surface area contributed by atoms with Crippen LogP contribution >= 0.6 is 11.3 Å². The van der Waals surface area contributed by atoms with E-state index in [9.17, 15) is 22.8 Å². The van der Waals surface area contributed by atoms with Crippen LogP contribution in [0.3, 0.4) is 0 Å². The van der Waals surface area contributed by atoms with Gasteiger partial charge in [0.1, 0.15) is 5.00 Å². The van der Waals surface area contributed by atoms with Gasteiger partial charge in [0, 0.05) is 36.1 Å². The summed E-state index contributed by atoms with van der Waals surface area (Å²) in [6.07, 6.45) is 2.40. The number of benzene rings is 1. The molecule has 216 valence electrons. The van der Waals surface area contributed by atoms with Crippen LogP contribution in [-0.2, 0) is 27.7 Å². The summed E-state index contributed by atoms with van der Waals surface area (Å²) in [6.45, 7) is 8.43. The van der Waals surface area contributed by atoms with Crippen molar-refractivity contribution in [3.63, 3.8) is 0 Å². The molecule has 2 N–H and O–H groups in total. The van der Waals surface area contributed by atoms with Crippen molar-refractivity contribution in [1.82, 2.24) is 14.5 Å². The molecule has 2 aromatic rings. The minimum absolute atomic E-state index is 0.0276. The summed E-state index contributed by atoms with van der Waals surface area (Å²) in [6, 6.07) is 5.90. The molecule has 3 aliphatic rings. The monoisotopic (exact) mass is 588 g/mol. The van der Waals surface area contributed by atoms with Crippen molar-refractivity contribution >= 4 is 44.3 Å². The maximum absolute atomic E-state index is 13.6. The van der Waals surface area contributed by atoms with Crippen molar-refractivity contribution < 1.29 is 27.5 Å². The van der Waals surface area contributed by atoms with Gasteiger partial charge in [-0.3, -0.25) is 14.9 Å². The first-order chi connectivity index (χ1) is 18.7. The van der Waals surface area contributed by atoms with E-state index >= 15 is 0 Å². The molecular formula is C28H36N4O6S2. The molecular weight excluding hydrogens is 552 g/mol. The average molecular weight is 589 g/mol. The highest BCUT2D eigenvalue weighted by molar-refractivity contribution is 7.89. The zero-order valence-corrected chi connectivity index (χ0v) is 25.1. The van der Waals surface area contributed by atoms with Gasteiger partial charge in [0.05, 0.1) is 17.6 Å². The SMILES string of the molecule is COC(=O)NC(=O)c1c(NC(=O)c2ccc(S(=O)(=O)N3CC4(C)CC3CC(C)(C)C4)cc2)sc2c1CCN(C)C2. The van der Waals surface area contributed by atoms with Crippen LogP contribution in [0.4, 0.5) is 9.80 Å². The number of amides is 3. The summed E-state index contributed by atoms with van der Waals surface area (Å²) >= 11 is 1.29. The van der Waals surface area contributed by atoms with E-state index in [1.807, 2.05) is 7.05 Å². The Kier molecular flexibility index (Phi) is 7.35. The predicted octanol–water partition coefficient (Wildman–Crippen LogP) is 4.07. The molecule has 1 saturated carbocycles. The van der Waals surface area contributed by atoms with Gasteiger partial charge < -0.3 is 15.0 Å². The lowest BCUT2D eigenvalue weighted by Gasteiger charge is -2.39. The van der Waals surface area contributed by atoms with E-state index in [4.69, 9.17) is 0 Å². The third-order valence-electron chi connectivity index (χ3n) is 8.19. The lowest BCUT2D eigenvalue weighted by atomic mass is 9.65. The Hall–Kier alpha value is -2.80. The van der Waals surface area contributed by atoms with Gasteiger partial charge in [0.15, 0.2) is 0 Å². The first-order valence-electron chi connectivity index (χ1n) is 13.4. The molecule has 0 spiro atoms. The molecule has 2 aliphatic heterocycles. The predicted molar refractivity (Wildman–Crippen MR) is 152 cm³/mol. The number of hydrogen-bond donors (Lipinski definition) is 2. The molecule has 2 fully saturated rings. The third-order valence-corrected chi connectivity index (χ3v) is 11.2. The number of rotatable bonds is 5. The lowest BCUT2D eigenvalue weighted by Crippen LogP contribution is -2.37. The summed E-state index contributed by atoms with van der Waals surface area (Å²) in [4.78, 5) is 41.1. The Labute approximate surface area is 239 Å².